The van der Waals surface area contributed by atoms with E-state index in [0.29, 0.717) is 58.1 Å². The first-order valence-corrected chi connectivity index (χ1v) is 23.4. The van der Waals surface area contributed by atoms with Crippen molar-refractivity contribution in [3.8, 4) is 5.75 Å². The molecule has 10 rings (SSSR count). The van der Waals surface area contributed by atoms with Crippen LogP contribution in [-0.4, -0.2) is 98.2 Å². The van der Waals surface area contributed by atoms with Crippen LogP contribution in [0.25, 0.3) is 21.8 Å². The highest BCUT2D eigenvalue weighted by atomic mass is 35.5. The van der Waals surface area contributed by atoms with Crippen molar-refractivity contribution >= 4 is 79.4 Å². The standard InChI is InChI=1S/C24H25ClFN5O3.C14H7ClF2N4O2.C10H19NO/c1-30-7-5-24(6-8-30)13-15(24)4-9-34-22-12-20-17(11-21(22)31(32)33)23(28-14-27-20)29-16-2-3-19(26)18(25)10-16;15-9-3-7(1-2-10(9)16)20-14-8-4-13(21(22)23)11(17)5-12(8)18-6-19-14;1-11-5-3-10(4-6-11)8-9(10)2-7-12/h2-3,10-12,14-15H,4-9,13H2,1H3,(H,27,28,29);1-6H,(H,18,19,20);9,12H,2-8H2,1H3. The Bertz CT molecular complexity index is 2870. The first-order chi connectivity index (χ1) is 33.1. The number of fused-ring (bicyclic) bond motifs is 2. The maximum absolute atomic E-state index is 13.6. The summed E-state index contributed by atoms with van der Waals surface area (Å²) in [4.78, 5) is 42.5. The van der Waals surface area contributed by atoms with Crippen molar-refractivity contribution < 1.29 is 32.9 Å². The largest absolute Gasteiger partial charge is 0.487 e. The van der Waals surface area contributed by atoms with E-state index in [9.17, 15) is 33.4 Å². The minimum absolute atomic E-state index is 0.0391. The third-order valence-electron chi connectivity index (χ3n) is 14.1. The number of nitro groups is 2. The second-order valence-electron chi connectivity index (χ2n) is 18.4. The summed E-state index contributed by atoms with van der Waals surface area (Å²) in [5.41, 5.74) is 1.91. The number of halogens is 5. The van der Waals surface area contributed by atoms with Crippen LogP contribution in [-0.2, 0) is 0 Å². The van der Waals surface area contributed by atoms with Crippen LogP contribution in [0, 0.1) is 60.3 Å². The predicted octanol–water partition coefficient (Wildman–Crippen LogP) is 10.9. The number of nitro benzene ring substituents is 2. The Morgan fingerprint density at radius 1 is 0.681 bits per heavy atom. The summed E-state index contributed by atoms with van der Waals surface area (Å²) >= 11 is 11.6. The van der Waals surface area contributed by atoms with Crippen molar-refractivity contribution in [2.24, 2.45) is 22.7 Å². The number of nitrogens with one attached hydrogen (secondary N) is 2. The number of aromatic nitrogens is 4. The lowest BCUT2D eigenvalue weighted by Gasteiger charge is -2.30. The third-order valence-corrected chi connectivity index (χ3v) is 14.6. The minimum Gasteiger partial charge on any atom is -0.487 e. The summed E-state index contributed by atoms with van der Waals surface area (Å²) in [6.45, 7) is 5.62. The SMILES string of the molecule is CN1CCC2(CC1)CC2CCO.CN1CCC2(CC1)CC2CCOc1cc2ncnc(Nc3ccc(F)c(Cl)c3)c2cc1[N+](=O)[O-].O=[N+]([O-])c1cc2c(Nc3ccc(F)c(Cl)c3)ncnc2cc1F. The van der Waals surface area contributed by atoms with Crippen LogP contribution in [0.15, 0.2) is 73.3 Å². The van der Waals surface area contributed by atoms with Gasteiger partial charge < -0.3 is 30.3 Å². The maximum Gasteiger partial charge on any atom is 0.311 e. The summed E-state index contributed by atoms with van der Waals surface area (Å²) in [7, 11) is 4.36. The van der Waals surface area contributed by atoms with E-state index in [1.807, 2.05) is 0 Å². The fraction of sp³-hybridized carbons (Fsp3) is 0.417. The molecule has 4 heterocycles. The van der Waals surface area contributed by atoms with Crippen LogP contribution in [0.5, 0.6) is 5.75 Å². The Kier molecular flexibility index (Phi) is 15.0. The van der Waals surface area contributed by atoms with E-state index in [-0.39, 0.29) is 38.2 Å². The van der Waals surface area contributed by atoms with E-state index in [1.54, 1.807) is 6.07 Å². The second-order valence-corrected chi connectivity index (χ2v) is 19.2. The second kappa shape index (κ2) is 20.9. The number of nitrogens with zero attached hydrogens (tertiary/aromatic N) is 8. The summed E-state index contributed by atoms with van der Waals surface area (Å²) in [5.74, 6) is 0.137. The van der Waals surface area contributed by atoms with Gasteiger partial charge in [0.05, 0.1) is 48.3 Å². The van der Waals surface area contributed by atoms with E-state index < -0.39 is 33.0 Å². The van der Waals surface area contributed by atoms with Crippen molar-refractivity contribution in [1.82, 2.24) is 29.7 Å². The van der Waals surface area contributed by atoms with Gasteiger partial charge in [-0.1, -0.05) is 23.2 Å². The predicted molar refractivity (Wildman–Crippen MR) is 258 cm³/mol. The van der Waals surface area contributed by atoms with Crippen LogP contribution in [0.1, 0.15) is 51.4 Å². The quantitative estimate of drug-likeness (QED) is 0.0773. The average Bonchev–Trinajstić information content (AvgIpc) is 4.21. The molecule has 364 valence electrons. The Hall–Kier alpha value is -5.99. The van der Waals surface area contributed by atoms with Crippen LogP contribution in [0.4, 0.5) is 47.6 Å². The van der Waals surface area contributed by atoms with Gasteiger partial charge in [-0.2, -0.15) is 4.39 Å². The fourth-order valence-electron chi connectivity index (χ4n) is 9.66. The van der Waals surface area contributed by atoms with Crippen LogP contribution < -0.4 is 15.4 Å². The number of aliphatic hydroxyl groups is 1. The van der Waals surface area contributed by atoms with Gasteiger partial charge in [-0.3, -0.25) is 20.2 Å². The lowest BCUT2D eigenvalue weighted by atomic mass is 9.90. The normalized spacial score (nSPS) is 19.0. The van der Waals surface area contributed by atoms with Gasteiger partial charge >= 0.3 is 11.4 Å². The number of aliphatic hydroxyl groups excluding tert-OH is 1. The van der Waals surface area contributed by atoms with Gasteiger partial charge in [0.15, 0.2) is 5.75 Å². The molecule has 2 saturated heterocycles. The fourth-order valence-corrected chi connectivity index (χ4v) is 10.0. The highest BCUT2D eigenvalue weighted by Gasteiger charge is 2.54. The monoisotopic (exact) mass is 990 g/mol. The number of piperidine rings is 2. The average molecular weight is 992 g/mol. The topological polar surface area (TPSA) is 198 Å². The van der Waals surface area contributed by atoms with Gasteiger partial charge in [0, 0.05) is 42.2 Å². The molecule has 2 atom stereocenters. The van der Waals surface area contributed by atoms with E-state index in [4.69, 9.17) is 33.0 Å². The molecule has 2 aromatic heterocycles. The van der Waals surface area contributed by atoms with Crippen molar-refractivity contribution in [2.45, 2.75) is 51.4 Å². The van der Waals surface area contributed by atoms with Crippen molar-refractivity contribution in [2.75, 3.05) is 64.1 Å². The molecule has 4 aromatic carbocycles. The van der Waals surface area contributed by atoms with Crippen molar-refractivity contribution in [3.05, 3.63) is 121 Å². The molecule has 0 bridgehead atoms. The molecule has 4 fully saturated rings. The van der Waals surface area contributed by atoms with E-state index in [0.717, 1.165) is 50.0 Å². The molecule has 69 heavy (non-hydrogen) atoms. The first-order valence-electron chi connectivity index (χ1n) is 22.6. The number of hydrogen-bond acceptors (Lipinski definition) is 14. The van der Waals surface area contributed by atoms with E-state index >= 15 is 0 Å². The van der Waals surface area contributed by atoms with Crippen molar-refractivity contribution in [1.29, 1.82) is 0 Å². The summed E-state index contributed by atoms with van der Waals surface area (Å²) < 4.78 is 46.2. The molecule has 2 aliphatic heterocycles. The van der Waals surface area contributed by atoms with Gasteiger partial charge in [0.1, 0.15) is 35.9 Å². The molecule has 16 nitrogen and oxygen atoms in total. The molecular formula is C48H51Cl2F3N10O6. The zero-order valence-corrected chi connectivity index (χ0v) is 39.5. The smallest absolute Gasteiger partial charge is 0.311 e. The number of hydrogen-bond donors (Lipinski definition) is 3. The lowest BCUT2D eigenvalue weighted by Crippen LogP contribution is -2.32. The zero-order valence-electron chi connectivity index (χ0n) is 37.9. The maximum atomic E-state index is 13.6. The van der Waals surface area contributed by atoms with Gasteiger partial charge in [0.2, 0.25) is 5.82 Å². The third kappa shape index (κ3) is 11.6. The molecular weight excluding hydrogens is 940 g/mol. The summed E-state index contributed by atoms with van der Waals surface area (Å²) in [5, 5.41) is 38.0. The van der Waals surface area contributed by atoms with Crippen molar-refractivity contribution in [3.63, 3.8) is 0 Å². The summed E-state index contributed by atoms with van der Waals surface area (Å²) in [6.07, 6.45) is 12.3. The Labute approximate surface area is 405 Å². The van der Waals surface area contributed by atoms with Crippen LogP contribution >= 0.6 is 23.2 Å². The summed E-state index contributed by atoms with van der Waals surface area (Å²) in [6, 6.07) is 13.1. The first kappa shape index (κ1) is 49.4. The molecule has 6 aromatic rings. The molecule has 2 aliphatic carbocycles. The molecule has 4 aliphatic rings. The highest BCUT2D eigenvalue weighted by Crippen LogP contribution is 2.61. The molecule has 21 heteroatoms. The van der Waals surface area contributed by atoms with Crippen LogP contribution in [0.3, 0.4) is 0 Å². The number of benzene rings is 4. The number of ether oxygens (including phenoxy) is 1. The van der Waals surface area contributed by atoms with Gasteiger partial charge in [-0.05, 0) is 151 Å². The van der Waals surface area contributed by atoms with E-state index in [1.165, 1.54) is 101 Å². The Morgan fingerprint density at radius 2 is 1.14 bits per heavy atom. The molecule has 0 radical (unpaired) electrons. The molecule has 2 spiro atoms. The minimum atomic E-state index is -0.989. The number of anilines is 4. The Morgan fingerprint density at radius 3 is 1.61 bits per heavy atom. The van der Waals surface area contributed by atoms with Gasteiger partial charge in [0.25, 0.3) is 0 Å². The van der Waals surface area contributed by atoms with E-state index in [2.05, 4.69) is 54.5 Å². The van der Waals surface area contributed by atoms with Gasteiger partial charge in [-0.25, -0.2) is 28.7 Å². The molecule has 2 unspecified atom stereocenters. The van der Waals surface area contributed by atoms with Crippen LogP contribution in [0.2, 0.25) is 10.0 Å². The number of rotatable bonds is 12. The van der Waals surface area contributed by atoms with Gasteiger partial charge in [-0.15, -0.1) is 0 Å². The lowest BCUT2D eigenvalue weighted by molar-refractivity contribution is -0.387. The Balaban J connectivity index is 0.000000157. The zero-order chi connectivity index (χ0) is 49.0. The highest BCUT2D eigenvalue weighted by molar-refractivity contribution is 6.31. The number of likely N-dealkylation sites (tertiary alicyclic amines) is 2. The molecule has 2 saturated carbocycles. The molecule has 3 N–H and O–H groups in total. The molecule has 0 amide bonds.